The number of hydrogen-bond acceptors (Lipinski definition) is 5. The highest BCUT2D eigenvalue weighted by Gasteiger charge is 2.13. The number of aromatic nitrogens is 1. The number of nitro groups is 1. The van der Waals surface area contributed by atoms with Crippen LogP contribution in [0.2, 0.25) is 0 Å². The number of aromatic hydroxyl groups is 1. The molecule has 2 aromatic carbocycles. The highest BCUT2D eigenvalue weighted by molar-refractivity contribution is 5.89. The third-order valence-electron chi connectivity index (χ3n) is 3.62. The predicted molar refractivity (Wildman–Crippen MR) is 92.5 cm³/mol. The van der Waals surface area contributed by atoms with E-state index in [1.807, 2.05) is 24.3 Å². The number of benzene rings is 2. The first-order chi connectivity index (χ1) is 12.0. The molecule has 0 saturated heterocycles. The topological polar surface area (TPSA) is 121 Å². The van der Waals surface area contributed by atoms with Crippen molar-refractivity contribution in [3.8, 4) is 5.75 Å². The van der Waals surface area contributed by atoms with Crippen LogP contribution in [-0.4, -0.2) is 27.1 Å². The van der Waals surface area contributed by atoms with E-state index in [0.717, 1.165) is 16.5 Å². The number of carbonyl (C=O) groups excluding carboxylic acids is 1. The van der Waals surface area contributed by atoms with Crippen LogP contribution in [0.5, 0.6) is 5.75 Å². The molecule has 1 aromatic heterocycles. The lowest BCUT2D eigenvalue weighted by atomic mass is 10.1. The number of nitro benzene ring substituents is 1. The predicted octanol–water partition coefficient (Wildman–Crippen LogP) is 2.47. The molecule has 0 radical (unpaired) electrons. The van der Waals surface area contributed by atoms with Crippen LogP contribution in [0.25, 0.3) is 10.9 Å². The molecular weight excluding hydrogens is 324 g/mol. The maximum absolute atomic E-state index is 12.0. The van der Waals surface area contributed by atoms with Crippen LogP contribution in [0.15, 0.2) is 53.8 Å². The summed E-state index contributed by atoms with van der Waals surface area (Å²) in [5.74, 6) is -0.736. The number of nitrogens with one attached hydrogen (secondary N) is 2. The molecule has 0 unspecified atom stereocenters. The van der Waals surface area contributed by atoms with E-state index in [9.17, 15) is 20.0 Å². The van der Waals surface area contributed by atoms with Gasteiger partial charge in [0, 0.05) is 28.7 Å². The third-order valence-corrected chi connectivity index (χ3v) is 3.62. The van der Waals surface area contributed by atoms with Gasteiger partial charge in [0.25, 0.3) is 0 Å². The summed E-state index contributed by atoms with van der Waals surface area (Å²) in [6.45, 7) is 0. The molecule has 0 aliphatic carbocycles. The number of hydrazone groups is 1. The zero-order chi connectivity index (χ0) is 17.8. The van der Waals surface area contributed by atoms with E-state index < -0.39 is 16.4 Å². The zero-order valence-corrected chi connectivity index (χ0v) is 13.0. The Morgan fingerprint density at radius 2 is 2.12 bits per heavy atom. The number of nitrogens with zero attached hydrogens (tertiary/aromatic N) is 2. The number of carbonyl (C=O) groups is 1. The summed E-state index contributed by atoms with van der Waals surface area (Å²) < 4.78 is 0. The molecule has 3 rings (SSSR count). The van der Waals surface area contributed by atoms with Crippen molar-refractivity contribution in [2.24, 2.45) is 5.10 Å². The SMILES string of the molecule is O=C(Cc1c[nH]c2ccccc12)N/N=C/c1ccc(O)c([N+](=O)[O-])c1. The average Bonchev–Trinajstić information content (AvgIpc) is 2.99. The van der Waals surface area contributed by atoms with E-state index in [2.05, 4.69) is 15.5 Å². The Balaban J connectivity index is 1.65. The summed E-state index contributed by atoms with van der Waals surface area (Å²) in [6, 6.07) is 11.5. The summed E-state index contributed by atoms with van der Waals surface area (Å²) >= 11 is 0. The number of aromatic amines is 1. The molecule has 0 bridgehead atoms. The Morgan fingerprint density at radius 1 is 1.32 bits per heavy atom. The number of phenols is 1. The van der Waals surface area contributed by atoms with E-state index in [-0.39, 0.29) is 12.3 Å². The standard InChI is InChI=1S/C17H14N4O4/c22-16-6-5-11(7-15(16)21(24)25)9-19-20-17(23)8-12-10-18-14-4-2-1-3-13(12)14/h1-7,9-10,18,22H,8H2,(H,20,23)/b19-9+. The van der Waals surface area contributed by atoms with Crippen LogP contribution in [0.1, 0.15) is 11.1 Å². The van der Waals surface area contributed by atoms with Crippen LogP contribution in [-0.2, 0) is 11.2 Å². The van der Waals surface area contributed by atoms with Gasteiger partial charge < -0.3 is 10.1 Å². The number of H-pyrrole nitrogens is 1. The van der Waals surface area contributed by atoms with Crippen molar-refractivity contribution in [3.05, 3.63) is 69.9 Å². The van der Waals surface area contributed by atoms with Gasteiger partial charge in [0.1, 0.15) is 0 Å². The minimum absolute atomic E-state index is 0.150. The number of fused-ring (bicyclic) bond motifs is 1. The van der Waals surface area contributed by atoms with Gasteiger partial charge in [-0.05, 0) is 23.8 Å². The number of para-hydroxylation sites is 1. The van der Waals surface area contributed by atoms with Crippen LogP contribution in [0.3, 0.4) is 0 Å². The number of amides is 1. The van der Waals surface area contributed by atoms with Crippen molar-refractivity contribution >= 4 is 28.7 Å². The van der Waals surface area contributed by atoms with Crippen molar-refractivity contribution in [2.45, 2.75) is 6.42 Å². The Bertz CT molecular complexity index is 978. The van der Waals surface area contributed by atoms with Gasteiger partial charge in [-0.1, -0.05) is 18.2 Å². The van der Waals surface area contributed by atoms with Gasteiger partial charge in [0.2, 0.25) is 5.91 Å². The van der Waals surface area contributed by atoms with Gasteiger partial charge in [-0.2, -0.15) is 5.10 Å². The molecule has 8 heteroatoms. The highest BCUT2D eigenvalue weighted by Crippen LogP contribution is 2.25. The molecule has 8 nitrogen and oxygen atoms in total. The second-order valence-corrected chi connectivity index (χ2v) is 5.33. The maximum Gasteiger partial charge on any atom is 0.311 e. The Labute approximate surface area is 141 Å². The summed E-state index contributed by atoms with van der Waals surface area (Å²) in [6.07, 6.45) is 3.20. The number of hydrogen-bond donors (Lipinski definition) is 3. The molecule has 0 fully saturated rings. The van der Waals surface area contributed by atoms with Gasteiger partial charge in [-0.3, -0.25) is 14.9 Å². The monoisotopic (exact) mass is 338 g/mol. The van der Waals surface area contributed by atoms with Crippen molar-refractivity contribution in [2.75, 3.05) is 0 Å². The molecule has 25 heavy (non-hydrogen) atoms. The summed E-state index contributed by atoms with van der Waals surface area (Å²) in [5.41, 5.74) is 4.15. The van der Waals surface area contributed by atoms with Crippen molar-refractivity contribution in [1.82, 2.24) is 10.4 Å². The number of phenolic OH excluding ortho intramolecular Hbond substituents is 1. The molecule has 3 N–H and O–H groups in total. The van der Waals surface area contributed by atoms with Crippen molar-refractivity contribution in [1.29, 1.82) is 0 Å². The van der Waals surface area contributed by atoms with E-state index in [1.165, 1.54) is 24.4 Å². The summed E-state index contributed by atoms with van der Waals surface area (Å²) in [4.78, 5) is 25.2. The molecule has 0 atom stereocenters. The Kier molecular flexibility index (Phi) is 4.42. The Hall–Kier alpha value is -3.68. The van der Waals surface area contributed by atoms with Gasteiger partial charge >= 0.3 is 5.69 Å². The zero-order valence-electron chi connectivity index (χ0n) is 13.0. The average molecular weight is 338 g/mol. The molecule has 0 aliphatic heterocycles. The highest BCUT2D eigenvalue weighted by atomic mass is 16.6. The van der Waals surface area contributed by atoms with Crippen LogP contribution >= 0.6 is 0 Å². The molecule has 126 valence electrons. The van der Waals surface area contributed by atoms with Gasteiger partial charge in [0.15, 0.2) is 5.75 Å². The largest absolute Gasteiger partial charge is 0.502 e. The minimum atomic E-state index is -0.692. The molecule has 1 amide bonds. The first-order valence-electron chi connectivity index (χ1n) is 7.39. The van der Waals surface area contributed by atoms with E-state index in [1.54, 1.807) is 6.20 Å². The lowest BCUT2D eigenvalue weighted by molar-refractivity contribution is -0.385. The molecule has 0 aliphatic rings. The molecule has 0 saturated carbocycles. The van der Waals surface area contributed by atoms with E-state index in [4.69, 9.17) is 0 Å². The maximum atomic E-state index is 12.0. The van der Waals surface area contributed by atoms with Crippen molar-refractivity contribution in [3.63, 3.8) is 0 Å². The van der Waals surface area contributed by atoms with Crippen LogP contribution in [0.4, 0.5) is 5.69 Å². The summed E-state index contributed by atoms with van der Waals surface area (Å²) in [5, 5.41) is 24.9. The molecular formula is C17H14N4O4. The molecule has 0 spiro atoms. The Morgan fingerprint density at radius 3 is 2.92 bits per heavy atom. The lowest BCUT2D eigenvalue weighted by Crippen LogP contribution is -2.19. The first-order valence-corrected chi connectivity index (χ1v) is 7.39. The van der Waals surface area contributed by atoms with Crippen molar-refractivity contribution < 1.29 is 14.8 Å². The summed E-state index contributed by atoms with van der Waals surface area (Å²) in [7, 11) is 0. The third kappa shape index (κ3) is 3.63. The minimum Gasteiger partial charge on any atom is -0.502 e. The van der Waals surface area contributed by atoms with Gasteiger partial charge in [-0.15, -0.1) is 0 Å². The van der Waals surface area contributed by atoms with E-state index >= 15 is 0 Å². The van der Waals surface area contributed by atoms with E-state index in [0.29, 0.717) is 5.56 Å². The fraction of sp³-hybridized carbons (Fsp3) is 0.0588. The quantitative estimate of drug-likeness (QED) is 0.376. The van der Waals surface area contributed by atoms with Gasteiger partial charge in [0.05, 0.1) is 17.6 Å². The normalized spacial score (nSPS) is 11.0. The van der Waals surface area contributed by atoms with Crippen LogP contribution in [0, 0.1) is 10.1 Å². The smallest absolute Gasteiger partial charge is 0.311 e. The first kappa shape index (κ1) is 16.2. The van der Waals surface area contributed by atoms with Gasteiger partial charge in [-0.25, -0.2) is 5.43 Å². The second-order valence-electron chi connectivity index (χ2n) is 5.33. The molecule has 3 aromatic rings. The van der Waals surface area contributed by atoms with Crippen LogP contribution < -0.4 is 5.43 Å². The number of rotatable bonds is 5. The lowest BCUT2D eigenvalue weighted by Gasteiger charge is -2.00. The fourth-order valence-electron chi connectivity index (χ4n) is 2.44. The second kappa shape index (κ2) is 6.83. The molecule has 1 heterocycles. The fourth-order valence-corrected chi connectivity index (χ4v) is 2.44.